The number of rotatable bonds is 18. The minimum atomic E-state index is -4.07. The Morgan fingerprint density at radius 1 is 0.962 bits per heavy atom. The van der Waals surface area contributed by atoms with Crippen molar-refractivity contribution in [1.82, 2.24) is 24.8 Å². The van der Waals surface area contributed by atoms with E-state index in [1.807, 2.05) is 69.3 Å². The molecule has 1 aliphatic carbocycles. The Morgan fingerprint density at radius 2 is 1.62 bits per heavy atom. The van der Waals surface area contributed by atoms with E-state index >= 15 is 0 Å². The van der Waals surface area contributed by atoms with Crippen molar-refractivity contribution < 1.29 is 27.9 Å². The zero-order valence-corrected chi connectivity index (χ0v) is 32.2. The van der Waals surface area contributed by atoms with Gasteiger partial charge in [-0.3, -0.25) is 9.78 Å². The normalized spacial score (nSPS) is 15.5. The van der Waals surface area contributed by atoms with E-state index in [2.05, 4.69) is 20.8 Å². The molecule has 1 aliphatic rings. The fourth-order valence-electron chi connectivity index (χ4n) is 6.56. The number of methoxy groups -OCH3 is 1. The number of aliphatic hydroxyl groups is 1. The van der Waals surface area contributed by atoms with Gasteiger partial charge in [-0.2, -0.15) is 9.21 Å². The first-order valence-corrected chi connectivity index (χ1v) is 19.5. The molecule has 3 N–H and O–H groups in total. The van der Waals surface area contributed by atoms with Crippen molar-refractivity contribution in [3.63, 3.8) is 0 Å². The number of sulfonamides is 1. The average molecular weight is 751 g/mol. The molecule has 0 spiro atoms. The number of nitrogens with zero attached hydrogens (tertiary/aromatic N) is 4. The Kier molecular flexibility index (Phi) is 15.0. The molecule has 0 aliphatic heterocycles. The van der Waals surface area contributed by atoms with Gasteiger partial charge in [-0.05, 0) is 66.0 Å². The minimum Gasteiger partial charge on any atom is -0.390 e. The van der Waals surface area contributed by atoms with E-state index in [9.17, 15) is 28.0 Å². The quantitative estimate of drug-likeness (QED) is 0.152. The smallest absolute Gasteiger partial charge is 0.318 e. The molecule has 288 valence electrons. The topological polar surface area (TPSA) is 171 Å². The van der Waals surface area contributed by atoms with Crippen LogP contribution in [0.25, 0.3) is 0 Å². The molecule has 0 bridgehead atoms. The molecule has 1 saturated carbocycles. The molecule has 13 nitrogen and oxygen atoms in total. The van der Waals surface area contributed by atoms with Crippen molar-refractivity contribution in [2.45, 2.75) is 95.7 Å². The van der Waals surface area contributed by atoms with Crippen LogP contribution >= 0.6 is 0 Å². The van der Waals surface area contributed by atoms with Crippen molar-refractivity contribution in [3.8, 4) is 0 Å². The van der Waals surface area contributed by atoms with E-state index in [0.29, 0.717) is 17.9 Å². The van der Waals surface area contributed by atoms with Gasteiger partial charge >= 0.3 is 6.03 Å². The number of carbonyl (C=O) groups is 2. The summed E-state index contributed by atoms with van der Waals surface area (Å²) in [5, 5.41) is 20.6. The second-order valence-corrected chi connectivity index (χ2v) is 16.9. The highest BCUT2D eigenvalue weighted by Gasteiger charge is 2.37. The van der Waals surface area contributed by atoms with E-state index in [1.54, 1.807) is 26.3 Å². The second-order valence-electron chi connectivity index (χ2n) is 14.9. The first kappa shape index (κ1) is 41.5. The summed E-state index contributed by atoms with van der Waals surface area (Å²) in [7, 11) is -0.870. The van der Waals surface area contributed by atoms with Crippen LogP contribution in [0.15, 0.2) is 82.9 Å². The number of hydrogen-bond donors (Lipinski definition) is 3. The van der Waals surface area contributed by atoms with Crippen molar-refractivity contribution in [2.75, 3.05) is 27.2 Å². The van der Waals surface area contributed by atoms with Gasteiger partial charge in [0.1, 0.15) is 12.6 Å². The molecule has 0 unspecified atom stereocenters. The summed E-state index contributed by atoms with van der Waals surface area (Å²) >= 11 is 0. The highest BCUT2D eigenvalue weighted by molar-refractivity contribution is 7.89. The lowest BCUT2D eigenvalue weighted by Crippen LogP contribution is -2.60. The van der Waals surface area contributed by atoms with Gasteiger partial charge in [0.15, 0.2) is 0 Å². The number of nitrogens with one attached hydrogen (secondary N) is 2. The van der Waals surface area contributed by atoms with Crippen LogP contribution in [-0.4, -0.2) is 85.1 Å². The van der Waals surface area contributed by atoms with Gasteiger partial charge in [0.25, 0.3) is 0 Å². The summed E-state index contributed by atoms with van der Waals surface area (Å²) in [5.41, 5.74) is 2.08. The van der Waals surface area contributed by atoms with Crippen LogP contribution in [0, 0.1) is 16.2 Å². The molecule has 2 aromatic carbocycles. The molecular formula is C39H54N6O7S. The number of aromatic nitrogens is 1. The first-order chi connectivity index (χ1) is 25.2. The third kappa shape index (κ3) is 12.1. The number of benzene rings is 2. The Morgan fingerprint density at radius 3 is 2.25 bits per heavy atom. The lowest BCUT2D eigenvalue weighted by molar-refractivity contribution is -0.127. The Balaban J connectivity index is 1.57. The van der Waals surface area contributed by atoms with Crippen LogP contribution in [0.3, 0.4) is 0 Å². The molecule has 1 fully saturated rings. The summed E-state index contributed by atoms with van der Waals surface area (Å²) in [4.78, 5) is 44.4. The molecule has 3 amide bonds. The predicted octanol–water partition coefficient (Wildman–Crippen LogP) is 5.02. The fourth-order valence-corrected chi connectivity index (χ4v) is 8.10. The molecule has 53 heavy (non-hydrogen) atoms. The molecule has 0 saturated heterocycles. The van der Waals surface area contributed by atoms with Gasteiger partial charge in [-0.1, -0.05) is 87.3 Å². The highest BCUT2D eigenvalue weighted by atomic mass is 32.2. The number of urea groups is 1. The van der Waals surface area contributed by atoms with Crippen LogP contribution in [0.1, 0.15) is 69.0 Å². The van der Waals surface area contributed by atoms with Crippen molar-refractivity contribution in [1.29, 1.82) is 0 Å². The average Bonchev–Trinajstić information content (AvgIpc) is 3.64. The lowest BCUT2D eigenvalue weighted by atomic mass is 9.85. The molecule has 3 atom stereocenters. The molecule has 14 heteroatoms. The number of pyridine rings is 1. The maximum Gasteiger partial charge on any atom is 0.318 e. The van der Waals surface area contributed by atoms with Crippen molar-refractivity contribution in [3.05, 3.63) is 100 Å². The van der Waals surface area contributed by atoms with Crippen molar-refractivity contribution >= 4 is 22.0 Å². The zero-order chi connectivity index (χ0) is 38.6. The largest absolute Gasteiger partial charge is 0.390 e. The number of ether oxygens (including phenoxy) is 1. The maximum atomic E-state index is 14.2. The van der Waals surface area contributed by atoms with Gasteiger partial charge in [0.05, 0.1) is 41.6 Å². The summed E-state index contributed by atoms with van der Waals surface area (Å²) in [6.45, 7) is 5.92. The number of hydrogen-bond acceptors (Lipinski definition) is 9. The molecular weight excluding hydrogens is 697 g/mol. The Labute approximate surface area is 313 Å². The van der Waals surface area contributed by atoms with Gasteiger partial charge in [-0.15, -0.1) is 0 Å². The first-order valence-electron chi connectivity index (χ1n) is 18.1. The SMILES string of the molecule is COCc1cccc(CN(C)C(=O)N[C@H](C(=O)N[C@@H](Cc2ccccc2)[C@H](O)CN(CC2CCCC2)S(=O)(=O)c2ccc(CN=O)cc2)C(C)(C)C)n1. The number of carbonyl (C=O) groups excluding carboxylic acids is 2. The second kappa shape index (κ2) is 19.2. The molecule has 1 aromatic heterocycles. The van der Waals surface area contributed by atoms with Crippen LogP contribution < -0.4 is 10.6 Å². The van der Waals surface area contributed by atoms with Gasteiger partial charge in [0.2, 0.25) is 15.9 Å². The van der Waals surface area contributed by atoms with Crippen LogP contribution in [0.4, 0.5) is 4.79 Å². The summed E-state index contributed by atoms with van der Waals surface area (Å²) in [6.07, 6.45) is 2.68. The summed E-state index contributed by atoms with van der Waals surface area (Å²) in [6, 6.07) is 18.5. The summed E-state index contributed by atoms with van der Waals surface area (Å²) < 4.78 is 34.7. The number of aliphatic hydroxyl groups excluding tert-OH is 1. The predicted molar refractivity (Wildman–Crippen MR) is 203 cm³/mol. The third-order valence-corrected chi connectivity index (χ3v) is 11.4. The monoisotopic (exact) mass is 750 g/mol. The van der Waals surface area contributed by atoms with Gasteiger partial charge < -0.3 is 25.4 Å². The molecule has 4 rings (SSSR count). The third-order valence-electron chi connectivity index (χ3n) is 9.52. The van der Waals surface area contributed by atoms with E-state index < -0.39 is 45.6 Å². The minimum absolute atomic E-state index is 0.0428. The van der Waals surface area contributed by atoms with E-state index in [4.69, 9.17) is 4.74 Å². The highest BCUT2D eigenvalue weighted by Crippen LogP contribution is 2.29. The van der Waals surface area contributed by atoms with Crippen molar-refractivity contribution in [2.24, 2.45) is 16.5 Å². The fraction of sp³-hybridized carbons (Fsp3) is 0.513. The molecule has 0 radical (unpaired) electrons. The van der Waals surface area contributed by atoms with Crippen LogP contribution in [0.2, 0.25) is 0 Å². The van der Waals surface area contributed by atoms with E-state index in [0.717, 1.165) is 36.9 Å². The van der Waals surface area contributed by atoms with E-state index in [1.165, 1.54) is 21.3 Å². The lowest BCUT2D eigenvalue weighted by Gasteiger charge is -2.35. The van der Waals surface area contributed by atoms with E-state index in [-0.39, 0.29) is 43.4 Å². The molecule has 3 aromatic rings. The Hall–Kier alpha value is -4.24. The zero-order valence-electron chi connectivity index (χ0n) is 31.4. The van der Waals surface area contributed by atoms with Crippen LogP contribution in [0.5, 0.6) is 0 Å². The number of nitroso groups, excluding NO2 is 1. The van der Waals surface area contributed by atoms with Gasteiger partial charge in [0, 0.05) is 27.2 Å². The summed E-state index contributed by atoms with van der Waals surface area (Å²) in [5.74, 6) is -0.378. The van der Waals surface area contributed by atoms with Crippen LogP contribution in [-0.2, 0) is 45.7 Å². The Bertz CT molecular complexity index is 1750. The number of amides is 3. The molecule has 1 heterocycles. The maximum absolute atomic E-state index is 14.2. The standard InChI is InChI=1S/C39H54N6O7S/c1-39(2,3)36(43-38(48)44(4)25-31-16-11-17-32(41-31)27-52-5)37(47)42-34(22-28-12-7-6-8-13-28)35(46)26-45(24-30-14-9-10-15-30)53(50,51)33-20-18-29(19-21-33)23-40-49/h6-8,11-13,16-21,30,34-36,46H,9-10,14-15,22-27H2,1-5H3,(H,42,47)(H,43,48)/t34-,35+,36+/m0/s1. The van der Waals surface area contributed by atoms with Gasteiger partial charge in [-0.25, -0.2) is 13.2 Å².